The molecule has 1 aromatic carbocycles. The molecule has 0 saturated heterocycles. The molecule has 0 aliphatic heterocycles. The first-order valence-corrected chi connectivity index (χ1v) is 7.07. The van der Waals surface area contributed by atoms with Crippen molar-refractivity contribution in [2.45, 2.75) is 10.8 Å². The molecule has 0 fully saturated rings. The number of carboxylic acid groups (broad SMARTS) is 1. The van der Waals surface area contributed by atoms with Crippen molar-refractivity contribution >= 4 is 40.9 Å². The summed E-state index contributed by atoms with van der Waals surface area (Å²) in [4.78, 5) is 15.1. The highest BCUT2D eigenvalue weighted by atomic mass is 35.5. The zero-order chi connectivity index (χ0) is 13.8. The van der Waals surface area contributed by atoms with E-state index >= 15 is 0 Å². The average molecular weight is 314 g/mol. The van der Waals surface area contributed by atoms with E-state index in [2.05, 4.69) is 4.98 Å². The van der Waals surface area contributed by atoms with Gasteiger partial charge in [0.05, 0.1) is 5.56 Å². The molecule has 0 aliphatic carbocycles. The molecule has 0 saturated carbocycles. The number of pyridine rings is 1. The van der Waals surface area contributed by atoms with E-state index in [0.29, 0.717) is 20.8 Å². The number of halogens is 2. The number of rotatable bonds is 4. The quantitative estimate of drug-likeness (QED) is 0.851. The van der Waals surface area contributed by atoms with E-state index in [1.54, 1.807) is 30.5 Å². The van der Waals surface area contributed by atoms with Crippen LogP contribution < -0.4 is 0 Å². The van der Waals surface area contributed by atoms with E-state index in [1.807, 2.05) is 0 Å². The van der Waals surface area contributed by atoms with Gasteiger partial charge in [-0.05, 0) is 35.9 Å². The van der Waals surface area contributed by atoms with E-state index in [1.165, 1.54) is 17.8 Å². The summed E-state index contributed by atoms with van der Waals surface area (Å²) in [7, 11) is 0. The molecule has 1 aromatic heterocycles. The summed E-state index contributed by atoms with van der Waals surface area (Å²) in [5, 5.41) is 10.7. The van der Waals surface area contributed by atoms with Crippen LogP contribution in [-0.4, -0.2) is 16.1 Å². The van der Waals surface area contributed by atoms with Gasteiger partial charge in [-0.2, -0.15) is 0 Å². The second-order valence-corrected chi connectivity index (χ2v) is 5.49. The maximum Gasteiger partial charge on any atom is 0.338 e. The second-order valence-electron chi connectivity index (χ2n) is 3.69. The number of hydrogen-bond donors (Lipinski definition) is 1. The number of carboxylic acids is 1. The van der Waals surface area contributed by atoms with Gasteiger partial charge in [0.15, 0.2) is 0 Å². The fourth-order valence-electron chi connectivity index (χ4n) is 1.47. The van der Waals surface area contributed by atoms with Gasteiger partial charge in [0.25, 0.3) is 0 Å². The Hall–Kier alpha value is -1.23. The molecule has 1 N–H and O–H groups in total. The Balaban J connectivity index is 2.19. The number of aromatic nitrogens is 1. The summed E-state index contributed by atoms with van der Waals surface area (Å²) < 4.78 is 0. The van der Waals surface area contributed by atoms with Crippen molar-refractivity contribution in [3.8, 4) is 0 Å². The standard InChI is InChI=1S/C13H9Cl2NO2S/c14-9-3-4-11(15)8(6-9)7-19-12-10(13(17)18)2-1-5-16-12/h1-6H,7H2,(H,17,18). The lowest BCUT2D eigenvalue weighted by Gasteiger charge is -2.06. The van der Waals surface area contributed by atoms with Crippen molar-refractivity contribution in [2.75, 3.05) is 0 Å². The van der Waals surface area contributed by atoms with Gasteiger partial charge in [0.1, 0.15) is 5.03 Å². The number of benzene rings is 1. The molecular formula is C13H9Cl2NO2S. The van der Waals surface area contributed by atoms with Gasteiger partial charge in [0.2, 0.25) is 0 Å². The van der Waals surface area contributed by atoms with Crippen LogP contribution in [0.1, 0.15) is 15.9 Å². The predicted molar refractivity (Wildman–Crippen MR) is 77.2 cm³/mol. The van der Waals surface area contributed by atoms with Crippen molar-refractivity contribution in [2.24, 2.45) is 0 Å². The van der Waals surface area contributed by atoms with Gasteiger partial charge in [0, 0.05) is 22.0 Å². The number of hydrogen-bond acceptors (Lipinski definition) is 3. The van der Waals surface area contributed by atoms with E-state index in [9.17, 15) is 4.79 Å². The minimum Gasteiger partial charge on any atom is -0.478 e. The summed E-state index contributed by atoms with van der Waals surface area (Å²) in [5.74, 6) is -0.482. The lowest BCUT2D eigenvalue weighted by Crippen LogP contribution is -2.00. The average Bonchev–Trinajstić information content (AvgIpc) is 2.40. The van der Waals surface area contributed by atoms with Gasteiger partial charge in [-0.25, -0.2) is 9.78 Å². The van der Waals surface area contributed by atoms with E-state index in [-0.39, 0.29) is 5.56 Å². The maximum absolute atomic E-state index is 11.1. The van der Waals surface area contributed by atoms with Gasteiger partial charge in [-0.15, -0.1) is 11.8 Å². The lowest BCUT2D eigenvalue weighted by atomic mass is 10.2. The summed E-state index contributed by atoms with van der Waals surface area (Å²) in [6, 6.07) is 8.31. The van der Waals surface area contributed by atoms with Gasteiger partial charge >= 0.3 is 5.97 Å². The van der Waals surface area contributed by atoms with Crippen LogP contribution in [0, 0.1) is 0 Å². The smallest absolute Gasteiger partial charge is 0.338 e. The van der Waals surface area contributed by atoms with E-state index < -0.39 is 5.97 Å². The molecule has 0 unspecified atom stereocenters. The van der Waals surface area contributed by atoms with Crippen LogP contribution in [0.5, 0.6) is 0 Å². The Labute approximate surface area is 124 Å². The number of thioether (sulfide) groups is 1. The van der Waals surface area contributed by atoms with Crippen LogP contribution in [0.25, 0.3) is 0 Å². The first-order chi connectivity index (χ1) is 9.08. The monoisotopic (exact) mass is 313 g/mol. The Morgan fingerprint density at radius 1 is 1.32 bits per heavy atom. The number of nitrogens with zero attached hydrogens (tertiary/aromatic N) is 1. The summed E-state index contributed by atoms with van der Waals surface area (Å²) in [5.41, 5.74) is 1.03. The van der Waals surface area contributed by atoms with E-state index in [4.69, 9.17) is 28.3 Å². The Bertz CT molecular complexity index is 619. The number of carbonyl (C=O) groups is 1. The van der Waals surface area contributed by atoms with Crippen LogP contribution in [0.2, 0.25) is 10.0 Å². The van der Waals surface area contributed by atoms with Gasteiger partial charge in [-0.1, -0.05) is 23.2 Å². The van der Waals surface area contributed by atoms with E-state index in [0.717, 1.165) is 5.56 Å². The Morgan fingerprint density at radius 3 is 2.84 bits per heavy atom. The highest BCUT2D eigenvalue weighted by Gasteiger charge is 2.12. The third-order valence-electron chi connectivity index (χ3n) is 2.37. The first kappa shape index (κ1) is 14.2. The zero-order valence-corrected chi connectivity index (χ0v) is 12.0. The molecule has 2 aromatic rings. The summed E-state index contributed by atoms with van der Waals surface area (Å²) >= 11 is 13.3. The normalized spacial score (nSPS) is 10.4. The highest BCUT2D eigenvalue weighted by molar-refractivity contribution is 7.98. The third-order valence-corrected chi connectivity index (χ3v) is 4.03. The highest BCUT2D eigenvalue weighted by Crippen LogP contribution is 2.29. The summed E-state index contributed by atoms with van der Waals surface area (Å²) in [6.45, 7) is 0. The summed E-state index contributed by atoms with van der Waals surface area (Å²) in [6.07, 6.45) is 1.56. The van der Waals surface area contributed by atoms with Crippen molar-refractivity contribution in [1.82, 2.24) is 4.98 Å². The largest absolute Gasteiger partial charge is 0.478 e. The molecule has 2 rings (SSSR count). The SMILES string of the molecule is O=C(O)c1cccnc1SCc1cc(Cl)ccc1Cl. The van der Waals surface area contributed by atoms with Gasteiger partial charge < -0.3 is 5.11 Å². The van der Waals surface area contributed by atoms with Gasteiger partial charge in [-0.3, -0.25) is 0 Å². The van der Waals surface area contributed by atoms with Crippen LogP contribution in [-0.2, 0) is 5.75 Å². The fraction of sp³-hybridized carbons (Fsp3) is 0.0769. The number of aromatic carboxylic acids is 1. The lowest BCUT2D eigenvalue weighted by molar-refractivity contribution is 0.0692. The van der Waals surface area contributed by atoms with Crippen LogP contribution in [0.4, 0.5) is 0 Å². The molecule has 0 radical (unpaired) electrons. The minimum atomic E-state index is -0.993. The maximum atomic E-state index is 11.1. The predicted octanol–water partition coefficient (Wildman–Crippen LogP) is 4.38. The fourth-order valence-corrected chi connectivity index (χ4v) is 2.90. The molecule has 0 aliphatic rings. The van der Waals surface area contributed by atoms with Crippen molar-refractivity contribution in [3.63, 3.8) is 0 Å². The molecule has 0 bridgehead atoms. The zero-order valence-electron chi connectivity index (χ0n) is 9.64. The van der Waals surface area contributed by atoms with Crippen LogP contribution in [0.15, 0.2) is 41.6 Å². The molecule has 0 spiro atoms. The third kappa shape index (κ3) is 3.62. The Morgan fingerprint density at radius 2 is 2.11 bits per heavy atom. The molecule has 0 atom stereocenters. The molecule has 6 heteroatoms. The first-order valence-electron chi connectivity index (χ1n) is 5.33. The van der Waals surface area contributed by atoms with Crippen molar-refractivity contribution < 1.29 is 9.90 Å². The molecule has 19 heavy (non-hydrogen) atoms. The molecule has 98 valence electrons. The van der Waals surface area contributed by atoms with Crippen molar-refractivity contribution in [1.29, 1.82) is 0 Å². The Kier molecular flexibility index (Phi) is 4.69. The topological polar surface area (TPSA) is 50.2 Å². The molecule has 1 heterocycles. The minimum absolute atomic E-state index is 0.186. The van der Waals surface area contributed by atoms with Crippen LogP contribution in [0.3, 0.4) is 0 Å². The molecule has 0 amide bonds. The van der Waals surface area contributed by atoms with Crippen LogP contribution >= 0.6 is 35.0 Å². The molecular weight excluding hydrogens is 305 g/mol. The van der Waals surface area contributed by atoms with Crippen molar-refractivity contribution in [3.05, 3.63) is 57.7 Å². The second kappa shape index (κ2) is 6.28. The molecule has 3 nitrogen and oxygen atoms in total.